The van der Waals surface area contributed by atoms with Gasteiger partial charge in [0.1, 0.15) is 29.7 Å². The molecule has 0 radical (unpaired) electrons. The number of carbonyl (C=O) groups excluding carboxylic acids is 1. The Hall–Kier alpha value is -3.72. The zero-order valence-corrected chi connectivity index (χ0v) is 18.4. The molecule has 9 heteroatoms. The molecule has 0 aliphatic carbocycles. The Morgan fingerprint density at radius 1 is 1.12 bits per heavy atom. The van der Waals surface area contributed by atoms with Gasteiger partial charge in [-0.25, -0.2) is 4.39 Å². The summed E-state index contributed by atoms with van der Waals surface area (Å²) in [5.41, 5.74) is 13.5. The van der Waals surface area contributed by atoms with Crippen LogP contribution in [0.15, 0.2) is 71.8 Å². The number of rotatable bonds is 10. The Balaban J connectivity index is 1.39. The van der Waals surface area contributed by atoms with Crippen LogP contribution >= 0.6 is 0 Å². The first-order valence-corrected chi connectivity index (χ1v) is 11.1. The van der Waals surface area contributed by atoms with E-state index in [0.717, 1.165) is 36.6 Å². The summed E-state index contributed by atoms with van der Waals surface area (Å²) < 4.78 is 19.4. The maximum absolute atomic E-state index is 13.5. The topological polar surface area (TPSA) is 104 Å². The third-order valence-electron chi connectivity index (χ3n) is 5.49. The van der Waals surface area contributed by atoms with E-state index < -0.39 is 5.91 Å². The van der Waals surface area contributed by atoms with E-state index >= 15 is 0 Å². The van der Waals surface area contributed by atoms with Crippen molar-refractivity contribution in [2.24, 2.45) is 5.73 Å². The standard InChI is InChI=1S/C24H29FN6O2/c25-18-6-3-5-17(13-18)16-27-21-15-22(29-30-23(21)24(26)32)28-19-7-4-8-20(14-19)33-12-11-31-9-1-2-10-31/h3-8,13-15,27-30H,1-2,9-12,16H2,(H2,26,32). The molecule has 0 spiro atoms. The number of hydrogen-bond acceptors (Lipinski definition) is 7. The van der Waals surface area contributed by atoms with Gasteiger partial charge in [-0.3, -0.25) is 20.5 Å². The van der Waals surface area contributed by atoms with Crippen molar-refractivity contribution < 1.29 is 13.9 Å². The molecule has 2 aromatic carbocycles. The van der Waals surface area contributed by atoms with E-state index in [1.165, 1.54) is 25.0 Å². The average Bonchev–Trinajstić information content (AvgIpc) is 3.32. The maximum Gasteiger partial charge on any atom is 0.268 e. The number of nitrogens with two attached hydrogens (primary N) is 1. The molecule has 2 aromatic rings. The number of likely N-dealkylation sites (tertiary alicyclic amines) is 1. The fraction of sp³-hybridized carbons (Fsp3) is 0.292. The number of nitrogens with one attached hydrogen (secondary N) is 4. The fourth-order valence-corrected chi connectivity index (χ4v) is 3.81. The highest BCUT2D eigenvalue weighted by molar-refractivity contribution is 5.92. The molecule has 1 fully saturated rings. The van der Waals surface area contributed by atoms with E-state index in [-0.39, 0.29) is 11.5 Å². The number of ether oxygens (including phenoxy) is 1. The lowest BCUT2D eigenvalue weighted by atomic mass is 10.2. The van der Waals surface area contributed by atoms with E-state index in [2.05, 4.69) is 26.4 Å². The predicted octanol–water partition coefficient (Wildman–Crippen LogP) is 2.15. The summed E-state index contributed by atoms with van der Waals surface area (Å²) in [6.07, 6.45) is 4.26. The molecule has 0 saturated carbocycles. The van der Waals surface area contributed by atoms with Crippen LogP contribution in [0.5, 0.6) is 5.75 Å². The monoisotopic (exact) mass is 452 g/mol. The number of allylic oxidation sites excluding steroid dienone is 1. The summed E-state index contributed by atoms with van der Waals surface area (Å²) in [6, 6.07) is 13.9. The number of halogens is 1. The number of hydrazine groups is 1. The molecular weight excluding hydrogens is 423 g/mol. The van der Waals surface area contributed by atoms with Gasteiger partial charge in [0, 0.05) is 30.9 Å². The molecule has 2 aliphatic heterocycles. The third kappa shape index (κ3) is 6.39. The summed E-state index contributed by atoms with van der Waals surface area (Å²) in [5.74, 6) is 0.451. The number of benzene rings is 2. The highest BCUT2D eigenvalue weighted by Gasteiger charge is 2.17. The molecule has 4 rings (SSSR count). The van der Waals surface area contributed by atoms with Crippen LogP contribution < -0.4 is 32.0 Å². The average molecular weight is 453 g/mol. The van der Waals surface area contributed by atoms with Gasteiger partial charge in [0.2, 0.25) is 0 Å². The van der Waals surface area contributed by atoms with Crippen molar-refractivity contribution >= 4 is 11.6 Å². The first-order chi connectivity index (χ1) is 16.1. The van der Waals surface area contributed by atoms with Gasteiger partial charge in [0.05, 0.1) is 5.70 Å². The number of primary amides is 1. The summed E-state index contributed by atoms with van der Waals surface area (Å²) in [5, 5.41) is 6.40. The Bertz CT molecular complexity index is 1050. The number of nitrogens with zero attached hydrogens (tertiary/aromatic N) is 1. The lowest BCUT2D eigenvalue weighted by Gasteiger charge is -2.24. The normalized spacial score (nSPS) is 16.0. The summed E-state index contributed by atoms with van der Waals surface area (Å²) in [4.78, 5) is 14.2. The zero-order valence-electron chi connectivity index (χ0n) is 18.4. The number of anilines is 1. The van der Waals surface area contributed by atoms with Gasteiger partial charge in [-0.2, -0.15) is 0 Å². The highest BCUT2D eigenvalue weighted by Crippen LogP contribution is 2.20. The van der Waals surface area contributed by atoms with Gasteiger partial charge in [0.25, 0.3) is 5.91 Å². The first kappa shape index (κ1) is 22.5. The SMILES string of the molecule is NC(=O)C1=C(NCc2cccc(F)c2)C=C(Nc2cccc(OCCN3CCCC3)c2)NN1. The van der Waals surface area contributed by atoms with E-state index in [9.17, 15) is 9.18 Å². The van der Waals surface area contributed by atoms with Crippen LogP contribution in [-0.2, 0) is 11.3 Å². The molecule has 1 saturated heterocycles. The van der Waals surface area contributed by atoms with Crippen LogP contribution in [0.1, 0.15) is 18.4 Å². The molecule has 8 nitrogen and oxygen atoms in total. The molecule has 2 aliphatic rings. The maximum atomic E-state index is 13.5. The van der Waals surface area contributed by atoms with Crippen molar-refractivity contribution in [3.05, 3.63) is 83.2 Å². The van der Waals surface area contributed by atoms with Crippen LogP contribution in [0.2, 0.25) is 0 Å². The molecule has 2 heterocycles. The van der Waals surface area contributed by atoms with E-state index in [1.807, 2.05) is 24.3 Å². The minimum absolute atomic E-state index is 0.191. The van der Waals surface area contributed by atoms with Crippen molar-refractivity contribution in [1.82, 2.24) is 21.1 Å². The molecule has 1 amide bonds. The Kier molecular flexibility index (Phi) is 7.31. The van der Waals surface area contributed by atoms with Crippen molar-refractivity contribution in [3.63, 3.8) is 0 Å². The second-order valence-electron chi connectivity index (χ2n) is 7.99. The van der Waals surface area contributed by atoms with Crippen molar-refractivity contribution in [3.8, 4) is 5.75 Å². The molecule has 6 N–H and O–H groups in total. The van der Waals surface area contributed by atoms with Crippen LogP contribution in [0.4, 0.5) is 10.1 Å². The van der Waals surface area contributed by atoms with Crippen molar-refractivity contribution in [2.45, 2.75) is 19.4 Å². The molecule has 0 atom stereocenters. The van der Waals surface area contributed by atoms with Crippen molar-refractivity contribution in [1.29, 1.82) is 0 Å². The van der Waals surface area contributed by atoms with Crippen LogP contribution in [-0.4, -0.2) is 37.0 Å². The van der Waals surface area contributed by atoms with Crippen molar-refractivity contribution in [2.75, 3.05) is 31.6 Å². The molecular formula is C24H29FN6O2. The smallest absolute Gasteiger partial charge is 0.268 e. The van der Waals surface area contributed by atoms with E-state index in [0.29, 0.717) is 24.7 Å². The van der Waals surface area contributed by atoms with Crippen LogP contribution in [0.3, 0.4) is 0 Å². The molecule has 0 aromatic heterocycles. The third-order valence-corrected chi connectivity index (χ3v) is 5.49. The number of hydrogen-bond donors (Lipinski definition) is 5. The van der Waals surface area contributed by atoms with Gasteiger partial charge < -0.3 is 21.1 Å². The number of carbonyl (C=O) groups is 1. The lowest BCUT2D eigenvalue weighted by Crippen LogP contribution is -2.43. The van der Waals surface area contributed by atoms with Gasteiger partial charge >= 0.3 is 0 Å². The van der Waals surface area contributed by atoms with E-state index in [1.54, 1.807) is 18.2 Å². The van der Waals surface area contributed by atoms with Gasteiger partial charge in [0.15, 0.2) is 0 Å². The van der Waals surface area contributed by atoms with Gasteiger partial charge in [-0.15, -0.1) is 0 Å². The van der Waals surface area contributed by atoms with Crippen LogP contribution in [0.25, 0.3) is 0 Å². The zero-order chi connectivity index (χ0) is 23.0. The fourth-order valence-electron chi connectivity index (χ4n) is 3.81. The molecule has 33 heavy (non-hydrogen) atoms. The lowest BCUT2D eigenvalue weighted by molar-refractivity contribution is -0.115. The molecule has 0 unspecified atom stereocenters. The van der Waals surface area contributed by atoms with E-state index in [4.69, 9.17) is 10.5 Å². The highest BCUT2D eigenvalue weighted by atomic mass is 19.1. The first-order valence-electron chi connectivity index (χ1n) is 11.1. The minimum Gasteiger partial charge on any atom is -0.492 e. The Morgan fingerprint density at radius 2 is 1.94 bits per heavy atom. The van der Waals surface area contributed by atoms with Gasteiger partial charge in [-0.05, 0) is 55.8 Å². The van der Waals surface area contributed by atoms with Gasteiger partial charge in [-0.1, -0.05) is 18.2 Å². The second kappa shape index (κ2) is 10.7. The summed E-state index contributed by atoms with van der Waals surface area (Å²) >= 11 is 0. The second-order valence-corrected chi connectivity index (χ2v) is 7.99. The molecule has 0 bridgehead atoms. The Labute approximate surface area is 192 Å². The molecule has 174 valence electrons. The minimum atomic E-state index is -0.618. The number of amides is 1. The predicted molar refractivity (Wildman–Crippen MR) is 125 cm³/mol. The largest absolute Gasteiger partial charge is 0.492 e. The summed E-state index contributed by atoms with van der Waals surface area (Å²) in [7, 11) is 0. The van der Waals surface area contributed by atoms with Crippen LogP contribution in [0, 0.1) is 5.82 Å². The summed E-state index contributed by atoms with van der Waals surface area (Å²) in [6.45, 7) is 4.19. The Morgan fingerprint density at radius 3 is 2.73 bits per heavy atom. The quantitative estimate of drug-likeness (QED) is 0.376.